The predicted octanol–water partition coefficient (Wildman–Crippen LogP) is 1.54. The van der Waals surface area contributed by atoms with Gasteiger partial charge in [-0.15, -0.1) is 0 Å². The molecule has 0 aromatic heterocycles. The second kappa shape index (κ2) is 6.71. The summed E-state index contributed by atoms with van der Waals surface area (Å²) < 4.78 is 0. The number of hydrogen-bond acceptors (Lipinski definition) is 2. The van der Waals surface area contributed by atoms with Crippen molar-refractivity contribution in [2.24, 2.45) is 0 Å². The quantitative estimate of drug-likeness (QED) is 0.666. The Morgan fingerprint density at radius 1 is 1.38 bits per heavy atom. The molecule has 0 aromatic carbocycles. The zero-order valence-corrected chi connectivity index (χ0v) is 8.36. The Morgan fingerprint density at radius 3 is 2.38 bits per heavy atom. The third-order valence-corrected chi connectivity index (χ3v) is 2.01. The molecule has 0 aromatic rings. The summed E-state index contributed by atoms with van der Waals surface area (Å²) in [7, 11) is 0. The number of hydrogen-bond donors (Lipinski definition) is 2. The summed E-state index contributed by atoms with van der Waals surface area (Å²) in [5.41, 5.74) is 0. The largest absolute Gasteiger partial charge is 0.465 e. The van der Waals surface area contributed by atoms with Gasteiger partial charge in [-0.3, -0.25) is 0 Å². The van der Waals surface area contributed by atoms with Gasteiger partial charge in [0.05, 0.1) is 6.10 Å². The molecule has 0 rings (SSSR count). The number of carbonyl (C=O) groups is 1. The Morgan fingerprint density at radius 2 is 2.00 bits per heavy atom. The van der Waals surface area contributed by atoms with Gasteiger partial charge in [-0.25, -0.2) is 4.79 Å². The van der Waals surface area contributed by atoms with Crippen LogP contribution in [-0.4, -0.2) is 40.4 Å². The van der Waals surface area contributed by atoms with Crippen LogP contribution in [0.3, 0.4) is 0 Å². The molecule has 0 bridgehead atoms. The molecule has 0 spiro atoms. The second-order valence-corrected chi connectivity index (χ2v) is 3.09. The molecule has 0 fully saturated rings. The van der Waals surface area contributed by atoms with Gasteiger partial charge in [0.2, 0.25) is 0 Å². The number of carboxylic acid groups (broad SMARTS) is 1. The Balaban J connectivity index is 3.65. The number of aliphatic hydroxyl groups excluding tert-OH is 1. The summed E-state index contributed by atoms with van der Waals surface area (Å²) in [6.07, 6.45) is 0.940. The summed E-state index contributed by atoms with van der Waals surface area (Å²) in [5.74, 6) is 0. The van der Waals surface area contributed by atoms with Crippen molar-refractivity contribution < 1.29 is 15.0 Å². The van der Waals surface area contributed by atoms with E-state index in [1.165, 1.54) is 4.90 Å². The van der Waals surface area contributed by atoms with E-state index in [0.717, 1.165) is 12.8 Å². The van der Waals surface area contributed by atoms with Crippen LogP contribution in [-0.2, 0) is 0 Å². The molecule has 1 atom stereocenters. The normalized spacial score (nSPS) is 12.5. The second-order valence-electron chi connectivity index (χ2n) is 3.09. The predicted molar refractivity (Wildman–Crippen MR) is 50.8 cm³/mol. The van der Waals surface area contributed by atoms with Crippen molar-refractivity contribution in [3.05, 3.63) is 0 Å². The molecule has 0 aliphatic heterocycles. The lowest BCUT2D eigenvalue weighted by atomic mass is 10.1. The summed E-state index contributed by atoms with van der Waals surface area (Å²) in [6.45, 7) is 4.69. The molecule has 0 saturated carbocycles. The third kappa shape index (κ3) is 5.47. The highest BCUT2D eigenvalue weighted by Gasteiger charge is 2.10. The molecule has 1 unspecified atom stereocenters. The number of aliphatic hydroxyl groups is 1. The van der Waals surface area contributed by atoms with Crippen LogP contribution in [0.5, 0.6) is 0 Å². The van der Waals surface area contributed by atoms with E-state index in [1.54, 1.807) is 6.92 Å². The first kappa shape index (κ1) is 12.2. The Kier molecular flexibility index (Phi) is 6.32. The minimum Gasteiger partial charge on any atom is -0.465 e. The zero-order chi connectivity index (χ0) is 10.3. The van der Waals surface area contributed by atoms with Gasteiger partial charge in [0.15, 0.2) is 0 Å². The third-order valence-electron chi connectivity index (χ3n) is 2.01. The van der Waals surface area contributed by atoms with Crippen LogP contribution < -0.4 is 0 Å². The van der Waals surface area contributed by atoms with Gasteiger partial charge in [-0.05, 0) is 19.8 Å². The van der Waals surface area contributed by atoms with Crippen LogP contribution in [0.2, 0.25) is 0 Å². The molecule has 4 nitrogen and oxygen atoms in total. The summed E-state index contributed by atoms with van der Waals surface area (Å²) in [6, 6.07) is 0. The molecular weight excluding hydrogens is 170 g/mol. The van der Waals surface area contributed by atoms with Crippen molar-refractivity contribution in [2.75, 3.05) is 13.1 Å². The Labute approximate surface area is 79.2 Å². The number of amides is 1. The molecule has 0 aliphatic rings. The highest BCUT2D eigenvalue weighted by atomic mass is 16.4. The first-order valence-corrected chi connectivity index (χ1v) is 4.77. The molecule has 0 saturated heterocycles. The van der Waals surface area contributed by atoms with Gasteiger partial charge in [-0.2, -0.15) is 0 Å². The van der Waals surface area contributed by atoms with Crippen LogP contribution in [0, 0.1) is 0 Å². The van der Waals surface area contributed by atoms with Crippen LogP contribution in [0.4, 0.5) is 4.79 Å². The van der Waals surface area contributed by atoms with Gasteiger partial charge in [-0.1, -0.05) is 13.3 Å². The fourth-order valence-electron chi connectivity index (χ4n) is 1.17. The molecule has 1 amide bonds. The fourth-order valence-corrected chi connectivity index (χ4v) is 1.17. The molecule has 2 N–H and O–H groups in total. The molecule has 13 heavy (non-hydrogen) atoms. The standard InChI is InChI=1S/C9H19NO3/c1-3-5-8(11)6-7-10(4-2)9(12)13/h8,11H,3-7H2,1-2H3,(H,12,13). The monoisotopic (exact) mass is 189 g/mol. The fraction of sp³-hybridized carbons (Fsp3) is 0.889. The highest BCUT2D eigenvalue weighted by Crippen LogP contribution is 2.03. The molecule has 0 radical (unpaired) electrons. The topological polar surface area (TPSA) is 60.8 Å². The summed E-state index contributed by atoms with van der Waals surface area (Å²) >= 11 is 0. The van der Waals surface area contributed by atoms with E-state index in [9.17, 15) is 9.90 Å². The molecule has 4 heteroatoms. The summed E-state index contributed by atoms with van der Waals surface area (Å²) in [4.78, 5) is 11.8. The van der Waals surface area contributed by atoms with Gasteiger partial charge in [0.25, 0.3) is 0 Å². The maximum absolute atomic E-state index is 10.5. The minimum atomic E-state index is -0.911. The molecule has 78 valence electrons. The van der Waals surface area contributed by atoms with Gasteiger partial charge < -0.3 is 15.1 Å². The maximum Gasteiger partial charge on any atom is 0.407 e. The Hall–Kier alpha value is -0.770. The number of rotatable bonds is 6. The van der Waals surface area contributed by atoms with Gasteiger partial charge in [0, 0.05) is 13.1 Å². The zero-order valence-electron chi connectivity index (χ0n) is 8.36. The van der Waals surface area contributed by atoms with Crippen LogP contribution in [0.15, 0.2) is 0 Å². The average Bonchev–Trinajstić information content (AvgIpc) is 2.05. The van der Waals surface area contributed by atoms with E-state index in [-0.39, 0.29) is 6.10 Å². The van der Waals surface area contributed by atoms with Crippen molar-refractivity contribution in [1.29, 1.82) is 0 Å². The van der Waals surface area contributed by atoms with E-state index in [1.807, 2.05) is 6.92 Å². The van der Waals surface area contributed by atoms with Crippen molar-refractivity contribution >= 4 is 6.09 Å². The summed E-state index contributed by atoms with van der Waals surface area (Å²) in [5, 5.41) is 18.0. The first-order chi connectivity index (χ1) is 6.11. The van der Waals surface area contributed by atoms with E-state index < -0.39 is 6.09 Å². The van der Waals surface area contributed by atoms with Gasteiger partial charge >= 0.3 is 6.09 Å². The number of nitrogens with zero attached hydrogens (tertiary/aromatic N) is 1. The maximum atomic E-state index is 10.5. The first-order valence-electron chi connectivity index (χ1n) is 4.77. The lowest BCUT2D eigenvalue weighted by molar-refractivity contribution is 0.118. The highest BCUT2D eigenvalue weighted by molar-refractivity contribution is 5.64. The van der Waals surface area contributed by atoms with E-state index in [0.29, 0.717) is 19.5 Å². The van der Waals surface area contributed by atoms with Crippen molar-refractivity contribution in [3.63, 3.8) is 0 Å². The van der Waals surface area contributed by atoms with Crippen LogP contribution in [0.1, 0.15) is 33.1 Å². The van der Waals surface area contributed by atoms with Crippen LogP contribution >= 0.6 is 0 Å². The van der Waals surface area contributed by atoms with E-state index in [2.05, 4.69) is 0 Å². The van der Waals surface area contributed by atoms with Gasteiger partial charge in [0.1, 0.15) is 0 Å². The van der Waals surface area contributed by atoms with Crippen molar-refractivity contribution in [2.45, 2.75) is 39.2 Å². The van der Waals surface area contributed by atoms with Crippen LogP contribution in [0.25, 0.3) is 0 Å². The van der Waals surface area contributed by atoms with Crippen molar-refractivity contribution in [3.8, 4) is 0 Å². The minimum absolute atomic E-state index is 0.363. The van der Waals surface area contributed by atoms with E-state index in [4.69, 9.17) is 5.11 Å². The molecule has 0 aliphatic carbocycles. The molecule has 0 heterocycles. The SMILES string of the molecule is CCCC(O)CCN(CC)C(=O)O. The lowest BCUT2D eigenvalue weighted by Gasteiger charge is -2.18. The molecular formula is C9H19NO3. The smallest absolute Gasteiger partial charge is 0.407 e. The lowest BCUT2D eigenvalue weighted by Crippen LogP contribution is -2.32. The van der Waals surface area contributed by atoms with Crippen molar-refractivity contribution in [1.82, 2.24) is 4.90 Å². The Bertz CT molecular complexity index is 150. The van der Waals surface area contributed by atoms with E-state index >= 15 is 0 Å². The average molecular weight is 189 g/mol.